The summed E-state index contributed by atoms with van der Waals surface area (Å²) in [7, 11) is -2.39. The second-order valence-electron chi connectivity index (χ2n) is 8.78. The van der Waals surface area contributed by atoms with Crippen LogP contribution < -0.4 is 15.4 Å². The first kappa shape index (κ1) is 25.0. The zero-order valence-corrected chi connectivity index (χ0v) is 20.9. The Bertz CT molecular complexity index is 1180. The number of para-hydroxylation sites is 2. The van der Waals surface area contributed by atoms with Crippen LogP contribution in [0.5, 0.6) is 5.75 Å². The maximum atomic E-state index is 13.5. The summed E-state index contributed by atoms with van der Waals surface area (Å²) in [6.45, 7) is 4.65. The van der Waals surface area contributed by atoms with Crippen LogP contribution in [0.1, 0.15) is 30.1 Å². The molecule has 12 heteroatoms. The van der Waals surface area contributed by atoms with Gasteiger partial charge in [-0.25, -0.2) is 8.42 Å². The summed E-state index contributed by atoms with van der Waals surface area (Å²) in [6.07, 6.45) is 2.38. The Labute approximate surface area is 205 Å². The zero-order chi connectivity index (χ0) is 25.2. The number of ether oxygens (including phenoxy) is 1. The van der Waals surface area contributed by atoms with Crippen LogP contribution in [0.15, 0.2) is 35.5 Å². The van der Waals surface area contributed by atoms with Crippen LogP contribution in [0.3, 0.4) is 0 Å². The van der Waals surface area contributed by atoms with Crippen molar-refractivity contribution in [2.24, 2.45) is 18.7 Å². The molecule has 2 fully saturated rings. The molecule has 0 radical (unpaired) electrons. The Kier molecular flexibility index (Phi) is 7.31. The third kappa shape index (κ3) is 5.13. The number of likely N-dealkylation sites (tertiary alicyclic amines) is 1. The fourth-order valence-corrected chi connectivity index (χ4v) is 6.17. The van der Waals surface area contributed by atoms with Crippen molar-refractivity contribution in [3.8, 4) is 5.75 Å². The number of rotatable bonds is 7. The van der Waals surface area contributed by atoms with E-state index in [4.69, 9.17) is 10.5 Å². The highest BCUT2D eigenvalue weighted by molar-refractivity contribution is 7.89. The minimum atomic E-state index is -3.98. The van der Waals surface area contributed by atoms with Gasteiger partial charge in [0.1, 0.15) is 5.75 Å². The number of amides is 2. The number of piperazine rings is 1. The predicted octanol–water partition coefficient (Wildman–Crippen LogP) is 0.667. The number of piperidine rings is 1. The van der Waals surface area contributed by atoms with E-state index in [0.29, 0.717) is 45.6 Å². The lowest BCUT2D eigenvalue weighted by Gasteiger charge is -2.36. The van der Waals surface area contributed by atoms with Crippen LogP contribution in [-0.4, -0.2) is 85.1 Å². The van der Waals surface area contributed by atoms with Crippen LogP contribution in [0.2, 0.25) is 0 Å². The Morgan fingerprint density at radius 1 is 1.09 bits per heavy atom. The number of nitrogens with two attached hydrogens (primary N) is 1. The quantitative estimate of drug-likeness (QED) is 0.586. The molecule has 2 aliphatic heterocycles. The van der Waals surface area contributed by atoms with Crippen molar-refractivity contribution in [1.82, 2.24) is 19.0 Å². The molecule has 0 bridgehead atoms. The molecular formula is C23H32N6O5S. The van der Waals surface area contributed by atoms with Gasteiger partial charge in [0, 0.05) is 58.4 Å². The van der Waals surface area contributed by atoms with Gasteiger partial charge < -0.3 is 20.3 Å². The SMILES string of the molecule is CCOc1ccccc1N1CCN(S(=O)(=O)c2nn(C)cc2C(=O)N2CCC(C(N)=O)CC2)CC1. The Morgan fingerprint density at radius 2 is 1.74 bits per heavy atom. The highest BCUT2D eigenvalue weighted by atomic mass is 32.2. The van der Waals surface area contributed by atoms with Crippen molar-refractivity contribution >= 4 is 27.5 Å². The lowest BCUT2D eigenvalue weighted by Crippen LogP contribution is -2.49. The van der Waals surface area contributed by atoms with Crippen LogP contribution >= 0.6 is 0 Å². The minimum absolute atomic E-state index is 0.0501. The number of hydrogen-bond donors (Lipinski definition) is 1. The maximum Gasteiger partial charge on any atom is 0.263 e. The molecule has 2 aliphatic rings. The number of hydrogen-bond acceptors (Lipinski definition) is 7. The van der Waals surface area contributed by atoms with Crippen molar-refractivity contribution in [3.63, 3.8) is 0 Å². The number of sulfonamides is 1. The van der Waals surface area contributed by atoms with Gasteiger partial charge in [0.25, 0.3) is 15.9 Å². The lowest BCUT2D eigenvalue weighted by atomic mass is 9.96. The Balaban J connectivity index is 1.49. The van der Waals surface area contributed by atoms with Crippen LogP contribution in [-0.2, 0) is 21.9 Å². The van der Waals surface area contributed by atoms with E-state index in [1.165, 1.54) is 15.2 Å². The summed E-state index contributed by atoms with van der Waals surface area (Å²) in [5.41, 5.74) is 6.37. The topological polar surface area (TPSA) is 131 Å². The van der Waals surface area contributed by atoms with E-state index in [2.05, 4.69) is 10.00 Å². The molecule has 0 spiro atoms. The maximum absolute atomic E-state index is 13.5. The molecule has 35 heavy (non-hydrogen) atoms. The van der Waals surface area contributed by atoms with Gasteiger partial charge in [-0.3, -0.25) is 14.3 Å². The summed E-state index contributed by atoms with van der Waals surface area (Å²) < 4.78 is 35.5. The van der Waals surface area contributed by atoms with Gasteiger partial charge in [0.05, 0.1) is 17.9 Å². The van der Waals surface area contributed by atoms with Crippen LogP contribution in [0.4, 0.5) is 5.69 Å². The standard InChI is InChI=1S/C23H32N6O5S/c1-3-34-20-7-5-4-6-19(20)27-12-14-29(15-13-27)35(32,33)22-18(16-26(2)25-22)23(31)28-10-8-17(9-11-28)21(24)30/h4-7,16-17H,3,8-15H2,1-2H3,(H2,24,30). The van der Waals surface area contributed by atoms with Gasteiger partial charge in [0.15, 0.2) is 0 Å². The highest BCUT2D eigenvalue weighted by Crippen LogP contribution is 2.30. The summed E-state index contributed by atoms with van der Waals surface area (Å²) >= 11 is 0. The average molecular weight is 505 g/mol. The van der Waals surface area contributed by atoms with E-state index in [1.807, 2.05) is 31.2 Å². The van der Waals surface area contributed by atoms with E-state index in [-0.39, 0.29) is 35.5 Å². The fourth-order valence-electron chi connectivity index (χ4n) is 4.63. The summed E-state index contributed by atoms with van der Waals surface area (Å²) in [4.78, 5) is 28.3. The van der Waals surface area contributed by atoms with E-state index >= 15 is 0 Å². The number of nitrogens with zero attached hydrogens (tertiary/aromatic N) is 5. The molecular weight excluding hydrogens is 472 g/mol. The molecule has 190 valence electrons. The molecule has 4 rings (SSSR count). The summed E-state index contributed by atoms with van der Waals surface area (Å²) in [5, 5.41) is 3.93. The molecule has 2 amide bonds. The van der Waals surface area contributed by atoms with Crippen molar-refractivity contribution in [2.75, 3.05) is 50.8 Å². The molecule has 2 N–H and O–H groups in total. The molecule has 1 aromatic heterocycles. The number of benzene rings is 1. The molecule has 3 heterocycles. The second kappa shape index (κ2) is 10.2. The third-order valence-electron chi connectivity index (χ3n) is 6.54. The number of carbonyl (C=O) groups is 2. The lowest BCUT2D eigenvalue weighted by molar-refractivity contribution is -0.123. The van der Waals surface area contributed by atoms with E-state index in [0.717, 1.165) is 11.4 Å². The van der Waals surface area contributed by atoms with Crippen LogP contribution in [0, 0.1) is 5.92 Å². The van der Waals surface area contributed by atoms with Gasteiger partial charge in [-0.15, -0.1) is 0 Å². The molecule has 0 aliphatic carbocycles. The Hall–Kier alpha value is -3.12. The number of aromatic nitrogens is 2. The van der Waals surface area contributed by atoms with Crippen molar-refractivity contribution in [2.45, 2.75) is 24.8 Å². The smallest absolute Gasteiger partial charge is 0.263 e. The average Bonchev–Trinajstić information content (AvgIpc) is 3.27. The molecule has 0 atom stereocenters. The first-order chi connectivity index (χ1) is 16.7. The van der Waals surface area contributed by atoms with Crippen molar-refractivity contribution in [3.05, 3.63) is 36.0 Å². The minimum Gasteiger partial charge on any atom is -0.492 e. The molecule has 2 aromatic rings. The zero-order valence-electron chi connectivity index (χ0n) is 20.1. The monoisotopic (exact) mass is 504 g/mol. The normalized spacial score (nSPS) is 18.0. The van der Waals surface area contributed by atoms with E-state index in [9.17, 15) is 18.0 Å². The van der Waals surface area contributed by atoms with Crippen molar-refractivity contribution < 1.29 is 22.7 Å². The van der Waals surface area contributed by atoms with Crippen LogP contribution in [0.25, 0.3) is 0 Å². The molecule has 2 saturated heterocycles. The number of carbonyl (C=O) groups excluding carboxylic acids is 2. The molecule has 11 nitrogen and oxygen atoms in total. The van der Waals surface area contributed by atoms with Gasteiger partial charge in [0.2, 0.25) is 10.9 Å². The largest absolute Gasteiger partial charge is 0.492 e. The van der Waals surface area contributed by atoms with E-state index < -0.39 is 15.9 Å². The summed E-state index contributed by atoms with van der Waals surface area (Å²) in [6, 6.07) is 7.70. The highest BCUT2D eigenvalue weighted by Gasteiger charge is 2.37. The van der Waals surface area contributed by atoms with Gasteiger partial charge >= 0.3 is 0 Å². The van der Waals surface area contributed by atoms with Gasteiger partial charge in [-0.2, -0.15) is 9.40 Å². The predicted molar refractivity (Wildman–Crippen MR) is 130 cm³/mol. The van der Waals surface area contributed by atoms with Gasteiger partial charge in [-0.05, 0) is 31.9 Å². The second-order valence-corrected chi connectivity index (χ2v) is 10.6. The number of anilines is 1. The van der Waals surface area contributed by atoms with E-state index in [1.54, 1.807) is 11.9 Å². The van der Waals surface area contributed by atoms with Crippen molar-refractivity contribution in [1.29, 1.82) is 0 Å². The molecule has 0 unspecified atom stereocenters. The van der Waals surface area contributed by atoms with Gasteiger partial charge in [-0.1, -0.05) is 12.1 Å². The molecule has 0 saturated carbocycles. The fraction of sp³-hybridized carbons (Fsp3) is 0.522. The first-order valence-corrected chi connectivity index (χ1v) is 13.3. The number of primary amides is 1. The summed E-state index contributed by atoms with van der Waals surface area (Å²) in [5.74, 6) is -0.266. The Morgan fingerprint density at radius 3 is 2.37 bits per heavy atom. The number of aryl methyl sites for hydroxylation is 1. The first-order valence-electron chi connectivity index (χ1n) is 11.8. The molecule has 1 aromatic carbocycles. The third-order valence-corrected chi connectivity index (χ3v) is 8.37.